The largest absolute Gasteiger partial charge is 0.493 e. The summed E-state index contributed by atoms with van der Waals surface area (Å²) in [6.45, 7) is 3.16. The monoisotopic (exact) mass is 285 g/mol. The number of nitrogens with one attached hydrogen (secondary N) is 1. The smallest absolute Gasteiger partial charge is 0.119 e. The molecular formula is C18H23NO2. The molecule has 3 heteroatoms. The van der Waals surface area contributed by atoms with E-state index < -0.39 is 0 Å². The molecule has 0 aromatic heterocycles. The van der Waals surface area contributed by atoms with Gasteiger partial charge in [-0.2, -0.15) is 0 Å². The summed E-state index contributed by atoms with van der Waals surface area (Å²) in [5, 5.41) is 3.32. The van der Waals surface area contributed by atoms with Crippen LogP contribution < -0.4 is 10.1 Å². The van der Waals surface area contributed by atoms with Crippen LogP contribution in [-0.4, -0.2) is 26.9 Å². The molecule has 0 spiro atoms. The molecule has 1 N–H and O–H groups in total. The number of rotatable bonds is 9. The van der Waals surface area contributed by atoms with Crippen molar-refractivity contribution in [3.05, 3.63) is 65.7 Å². The first-order valence-corrected chi connectivity index (χ1v) is 7.34. The van der Waals surface area contributed by atoms with Crippen LogP contribution >= 0.6 is 0 Å². The minimum absolute atomic E-state index is 0.704. The predicted octanol–water partition coefficient (Wildman–Crippen LogP) is 3.04. The Hall–Kier alpha value is -1.84. The van der Waals surface area contributed by atoms with Crippen LogP contribution in [0.25, 0.3) is 0 Å². The van der Waals surface area contributed by atoms with Crippen molar-refractivity contribution in [3.63, 3.8) is 0 Å². The zero-order valence-corrected chi connectivity index (χ0v) is 12.5. The Bertz CT molecular complexity index is 496. The van der Waals surface area contributed by atoms with Gasteiger partial charge in [0.1, 0.15) is 5.75 Å². The van der Waals surface area contributed by atoms with Crippen molar-refractivity contribution in [2.75, 3.05) is 26.9 Å². The Morgan fingerprint density at radius 1 is 0.857 bits per heavy atom. The first-order valence-electron chi connectivity index (χ1n) is 7.34. The van der Waals surface area contributed by atoms with Gasteiger partial charge in [0.25, 0.3) is 0 Å². The molecule has 0 atom stereocenters. The first kappa shape index (κ1) is 15.5. The molecule has 0 fully saturated rings. The molecule has 21 heavy (non-hydrogen) atoms. The van der Waals surface area contributed by atoms with E-state index in [1.165, 1.54) is 11.1 Å². The molecule has 0 heterocycles. The van der Waals surface area contributed by atoms with E-state index in [0.29, 0.717) is 6.61 Å². The normalized spacial score (nSPS) is 10.5. The maximum Gasteiger partial charge on any atom is 0.119 e. The lowest BCUT2D eigenvalue weighted by Gasteiger charge is -2.08. The maximum absolute atomic E-state index is 5.77. The Labute approximate surface area is 126 Å². The molecule has 2 rings (SSSR count). The van der Waals surface area contributed by atoms with E-state index in [1.807, 2.05) is 18.2 Å². The number of hydrogen-bond acceptors (Lipinski definition) is 3. The molecule has 2 aromatic carbocycles. The van der Waals surface area contributed by atoms with Crippen molar-refractivity contribution < 1.29 is 9.47 Å². The third-order valence-electron chi connectivity index (χ3n) is 3.24. The van der Waals surface area contributed by atoms with E-state index in [0.717, 1.165) is 31.9 Å². The molecule has 0 saturated heterocycles. The Kier molecular flexibility index (Phi) is 6.78. The SMILES string of the molecule is COCCNCc1ccc(OCCc2ccccc2)cc1. The summed E-state index contributed by atoms with van der Waals surface area (Å²) in [5.41, 5.74) is 2.55. The topological polar surface area (TPSA) is 30.5 Å². The van der Waals surface area contributed by atoms with Crippen LogP contribution in [-0.2, 0) is 17.7 Å². The van der Waals surface area contributed by atoms with Crippen LogP contribution in [0.3, 0.4) is 0 Å². The van der Waals surface area contributed by atoms with Gasteiger partial charge in [-0.25, -0.2) is 0 Å². The highest BCUT2D eigenvalue weighted by Crippen LogP contribution is 2.12. The zero-order valence-electron chi connectivity index (χ0n) is 12.5. The van der Waals surface area contributed by atoms with Crippen LogP contribution in [0.4, 0.5) is 0 Å². The van der Waals surface area contributed by atoms with Crippen LogP contribution in [0, 0.1) is 0 Å². The average Bonchev–Trinajstić information content (AvgIpc) is 2.54. The highest BCUT2D eigenvalue weighted by Gasteiger charge is 1.97. The van der Waals surface area contributed by atoms with E-state index in [2.05, 4.69) is 41.7 Å². The second-order valence-corrected chi connectivity index (χ2v) is 4.90. The van der Waals surface area contributed by atoms with Gasteiger partial charge >= 0.3 is 0 Å². The van der Waals surface area contributed by atoms with Crippen molar-refractivity contribution in [2.45, 2.75) is 13.0 Å². The molecule has 2 aromatic rings. The number of methoxy groups -OCH3 is 1. The van der Waals surface area contributed by atoms with E-state index in [9.17, 15) is 0 Å². The van der Waals surface area contributed by atoms with Gasteiger partial charge in [0, 0.05) is 26.6 Å². The number of benzene rings is 2. The van der Waals surface area contributed by atoms with E-state index >= 15 is 0 Å². The van der Waals surface area contributed by atoms with Gasteiger partial charge in [-0.15, -0.1) is 0 Å². The Balaban J connectivity index is 1.69. The minimum Gasteiger partial charge on any atom is -0.493 e. The quantitative estimate of drug-likeness (QED) is 0.718. The standard InChI is InChI=1S/C18H23NO2/c1-20-14-12-19-15-17-7-9-18(10-8-17)21-13-11-16-5-3-2-4-6-16/h2-10,19H,11-15H2,1H3. The van der Waals surface area contributed by atoms with Gasteiger partial charge in [0.15, 0.2) is 0 Å². The summed E-state index contributed by atoms with van der Waals surface area (Å²) >= 11 is 0. The van der Waals surface area contributed by atoms with Crippen LogP contribution in [0.5, 0.6) is 5.75 Å². The van der Waals surface area contributed by atoms with E-state index in [-0.39, 0.29) is 0 Å². The number of ether oxygens (including phenoxy) is 2. The summed E-state index contributed by atoms with van der Waals surface area (Å²) in [4.78, 5) is 0. The molecule has 0 unspecified atom stereocenters. The fourth-order valence-corrected chi connectivity index (χ4v) is 2.04. The Morgan fingerprint density at radius 2 is 1.62 bits per heavy atom. The summed E-state index contributed by atoms with van der Waals surface area (Å²) in [7, 11) is 1.71. The van der Waals surface area contributed by atoms with Gasteiger partial charge < -0.3 is 14.8 Å². The zero-order chi connectivity index (χ0) is 14.8. The van der Waals surface area contributed by atoms with Crippen molar-refractivity contribution in [2.24, 2.45) is 0 Å². The Morgan fingerprint density at radius 3 is 2.33 bits per heavy atom. The molecule has 0 radical (unpaired) electrons. The lowest BCUT2D eigenvalue weighted by molar-refractivity contribution is 0.199. The first-order chi connectivity index (χ1) is 10.4. The molecule has 0 bridgehead atoms. The van der Waals surface area contributed by atoms with Gasteiger partial charge in [-0.05, 0) is 23.3 Å². The maximum atomic E-state index is 5.77. The van der Waals surface area contributed by atoms with Crippen LogP contribution in [0.1, 0.15) is 11.1 Å². The number of hydrogen-bond donors (Lipinski definition) is 1. The van der Waals surface area contributed by atoms with Crippen molar-refractivity contribution in [1.82, 2.24) is 5.32 Å². The molecule has 112 valence electrons. The summed E-state index contributed by atoms with van der Waals surface area (Å²) < 4.78 is 10.8. The van der Waals surface area contributed by atoms with Crippen LogP contribution in [0.2, 0.25) is 0 Å². The molecule has 3 nitrogen and oxygen atoms in total. The second kappa shape index (κ2) is 9.16. The minimum atomic E-state index is 0.704. The summed E-state index contributed by atoms with van der Waals surface area (Å²) in [6.07, 6.45) is 0.932. The highest BCUT2D eigenvalue weighted by molar-refractivity contribution is 5.27. The lowest BCUT2D eigenvalue weighted by Crippen LogP contribution is -2.18. The molecule has 0 aliphatic carbocycles. The summed E-state index contributed by atoms with van der Waals surface area (Å²) in [6, 6.07) is 18.6. The average molecular weight is 285 g/mol. The second-order valence-electron chi connectivity index (χ2n) is 4.90. The van der Waals surface area contributed by atoms with Crippen molar-refractivity contribution >= 4 is 0 Å². The molecule has 0 saturated carbocycles. The van der Waals surface area contributed by atoms with E-state index in [1.54, 1.807) is 7.11 Å². The van der Waals surface area contributed by atoms with Gasteiger partial charge in [0.05, 0.1) is 13.2 Å². The van der Waals surface area contributed by atoms with E-state index in [4.69, 9.17) is 9.47 Å². The fraction of sp³-hybridized carbons (Fsp3) is 0.333. The third-order valence-corrected chi connectivity index (χ3v) is 3.24. The van der Waals surface area contributed by atoms with Gasteiger partial charge in [-0.3, -0.25) is 0 Å². The summed E-state index contributed by atoms with van der Waals surface area (Å²) in [5.74, 6) is 0.923. The lowest BCUT2D eigenvalue weighted by atomic mass is 10.2. The predicted molar refractivity (Wildman–Crippen MR) is 85.7 cm³/mol. The molecule has 0 amide bonds. The highest BCUT2D eigenvalue weighted by atomic mass is 16.5. The third kappa shape index (κ3) is 5.98. The van der Waals surface area contributed by atoms with Crippen LogP contribution in [0.15, 0.2) is 54.6 Å². The fourth-order valence-electron chi connectivity index (χ4n) is 2.04. The van der Waals surface area contributed by atoms with Crippen molar-refractivity contribution in [1.29, 1.82) is 0 Å². The van der Waals surface area contributed by atoms with Crippen molar-refractivity contribution in [3.8, 4) is 5.75 Å². The van der Waals surface area contributed by atoms with Gasteiger partial charge in [0.2, 0.25) is 0 Å². The molecule has 0 aliphatic rings. The molecule has 0 aliphatic heterocycles. The molecular weight excluding hydrogens is 262 g/mol. The van der Waals surface area contributed by atoms with Gasteiger partial charge in [-0.1, -0.05) is 42.5 Å².